The van der Waals surface area contributed by atoms with Crippen LogP contribution in [0.3, 0.4) is 0 Å². The van der Waals surface area contributed by atoms with Crippen LogP contribution < -0.4 is 10.2 Å². The van der Waals surface area contributed by atoms with E-state index in [0.29, 0.717) is 17.9 Å². The highest BCUT2D eigenvalue weighted by Gasteiger charge is 2.36. The summed E-state index contributed by atoms with van der Waals surface area (Å²) in [5, 5.41) is 3.63. The van der Waals surface area contributed by atoms with Gasteiger partial charge in [-0.05, 0) is 50.3 Å². The quantitative estimate of drug-likeness (QED) is 0.912. The monoisotopic (exact) mass is 272 g/mol. The topological polar surface area (TPSA) is 32.3 Å². The fraction of sp³-hybridized carbons (Fsp3) is 0.588. The molecular formula is C17H24N2O. The van der Waals surface area contributed by atoms with Crippen molar-refractivity contribution in [3.8, 4) is 0 Å². The largest absolute Gasteiger partial charge is 0.312 e. The third kappa shape index (κ3) is 2.73. The molecule has 3 rings (SSSR count). The summed E-state index contributed by atoms with van der Waals surface area (Å²) in [6.45, 7) is 4.10. The number of benzene rings is 1. The molecule has 1 aromatic rings. The van der Waals surface area contributed by atoms with Gasteiger partial charge in [-0.25, -0.2) is 0 Å². The highest BCUT2D eigenvalue weighted by molar-refractivity contribution is 5.97. The first-order valence-corrected chi connectivity index (χ1v) is 7.95. The molecule has 1 heterocycles. The Hall–Kier alpha value is -1.35. The molecule has 0 aromatic heterocycles. The molecule has 0 bridgehead atoms. The van der Waals surface area contributed by atoms with E-state index in [4.69, 9.17) is 0 Å². The second kappa shape index (κ2) is 5.96. The predicted molar refractivity (Wildman–Crippen MR) is 81.8 cm³/mol. The average molecular weight is 272 g/mol. The second-order valence-corrected chi connectivity index (χ2v) is 5.97. The lowest BCUT2D eigenvalue weighted by Gasteiger charge is -2.24. The Morgan fingerprint density at radius 1 is 1.30 bits per heavy atom. The van der Waals surface area contributed by atoms with Crippen molar-refractivity contribution in [1.29, 1.82) is 0 Å². The van der Waals surface area contributed by atoms with Gasteiger partial charge in [-0.15, -0.1) is 0 Å². The number of carbonyl (C=O) groups is 1. The van der Waals surface area contributed by atoms with Gasteiger partial charge in [0.1, 0.15) is 0 Å². The number of anilines is 1. The van der Waals surface area contributed by atoms with Crippen LogP contribution in [0.4, 0.5) is 5.69 Å². The van der Waals surface area contributed by atoms with Gasteiger partial charge in [0.15, 0.2) is 0 Å². The minimum atomic E-state index is 0.295. The highest BCUT2D eigenvalue weighted by atomic mass is 16.2. The normalized spacial score (nSPS) is 22.2. The van der Waals surface area contributed by atoms with E-state index in [9.17, 15) is 4.79 Å². The van der Waals surface area contributed by atoms with Crippen LogP contribution in [0.5, 0.6) is 0 Å². The van der Waals surface area contributed by atoms with E-state index in [1.165, 1.54) is 5.56 Å². The molecule has 2 aliphatic rings. The van der Waals surface area contributed by atoms with E-state index >= 15 is 0 Å². The minimum absolute atomic E-state index is 0.295. The summed E-state index contributed by atoms with van der Waals surface area (Å²) < 4.78 is 0. The molecule has 3 heteroatoms. The van der Waals surface area contributed by atoms with Crippen molar-refractivity contribution in [3.05, 3.63) is 29.8 Å². The van der Waals surface area contributed by atoms with Crippen LogP contribution >= 0.6 is 0 Å². The minimum Gasteiger partial charge on any atom is -0.312 e. The molecule has 1 fully saturated rings. The number of carbonyl (C=O) groups excluding carboxylic acids is 1. The fourth-order valence-corrected chi connectivity index (χ4v) is 3.07. The molecule has 20 heavy (non-hydrogen) atoms. The zero-order valence-electron chi connectivity index (χ0n) is 12.3. The molecule has 1 unspecified atom stereocenters. The van der Waals surface area contributed by atoms with Crippen molar-refractivity contribution in [2.75, 3.05) is 18.0 Å². The van der Waals surface area contributed by atoms with E-state index in [0.717, 1.165) is 50.9 Å². The van der Waals surface area contributed by atoms with Gasteiger partial charge >= 0.3 is 0 Å². The lowest BCUT2D eigenvalue weighted by molar-refractivity contribution is -0.119. The Morgan fingerprint density at radius 3 is 2.85 bits per heavy atom. The van der Waals surface area contributed by atoms with Crippen LogP contribution in [0.25, 0.3) is 0 Å². The van der Waals surface area contributed by atoms with Crippen molar-refractivity contribution in [2.24, 2.45) is 5.92 Å². The number of nitrogens with zero attached hydrogens (tertiary/aromatic N) is 1. The first-order chi connectivity index (χ1) is 9.81. The van der Waals surface area contributed by atoms with Crippen LogP contribution in [0.2, 0.25) is 0 Å². The summed E-state index contributed by atoms with van der Waals surface area (Å²) in [5.41, 5.74) is 2.43. The molecule has 1 aliphatic heterocycles. The fourth-order valence-electron chi connectivity index (χ4n) is 3.07. The maximum atomic E-state index is 12.5. The molecule has 1 aromatic carbocycles. The second-order valence-electron chi connectivity index (χ2n) is 5.97. The van der Waals surface area contributed by atoms with Gasteiger partial charge in [0.25, 0.3) is 0 Å². The van der Waals surface area contributed by atoms with E-state index < -0.39 is 0 Å². The number of rotatable bonds is 4. The van der Waals surface area contributed by atoms with Crippen molar-refractivity contribution < 1.29 is 4.79 Å². The predicted octanol–water partition coefficient (Wildman–Crippen LogP) is 3.26. The molecule has 108 valence electrons. The van der Waals surface area contributed by atoms with E-state index in [1.54, 1.807) is 0 Å². The molecule has 0 spiro atoms. The van der Waals surface area contributed by atoms with Crippen molar-refractivity contribution in [3.63, 3.8) is 0 Å². The SMILES string of the molecule is CCCNC1CCCN(C(=O)C2CC2)c2ccccc21. The summed E-state index contributed by atoms with van der Waals surface area (Å²) >= 11 is 0. The van der Waals surface area contributed by atoms with Crippen LogP contribution in [-0.2, 0) is 4.79 Å². The molecule has 1 N–H and O–H groups in total. The van der Waals surface area contributed by atoms with Crippen molar-refractivity contribution >= 4 is 11.6 Å². The Morgan fingerprint density at radius 2 is 2.10 bits per heavy atom. The van der Waals surface area contributed by atoms with Gasteiger partial charge in [-0.1, -0.05) is 25.1 Å². The van der Waals surface area contributed by atoms with E-state index in [1.807, 2.05) is 11.0 Å². The summed E-state index contributed by atoms with van der Waals surface area (Å²) in [7, 11) is 0. The number of para-hydroxylation sites is 1. The van der Waals surface area contributed by atoms with Crippen molar-refractivity contribution in [2.45, 2.75) is 45.1 Å². The summed E-state index contributed by atoms with van der Waals surface area (Å²) in [5.74, 6) is 0.636. The number of fused-ring (bicyclic) bond motifs is 1. The van der Waals surface area contributed by atoms with Crippen LogP contribution in [0, 0.1) is 5.92 Å². The maximum absolute atomic E-state index is 12.5. The van der Waals surface area contributed by atoms with Crippen LogP contribution in [-0.4, -0.2) is 19.0 Å². The average Bonchev–Trinajstić information content (AvgIpc) is 3.31. The number of hydrogen-bond acceptors (Lipinski definition) is 2. The molecule has 3 nitrogen and oxygen atoms in total. The Labute approximate surface area is 121 Å². The highest BCUT2D eigenvalue weighted by Crippen LogP contribution is 2.37. The third-order valence-electron chi connectivity index (χ3n) is 4.31. The zero-order valence-corrected chi connectivity index (χ0v) is 12.3. The van der Waals surface area contributed by atoms with Gasteiger partial charge in [-0.3, -0.25) is 4.79 Å². The lowest BCUT2D eigenvalue weighted by Crippen LogP contribution is -2.33. The number of nitrogens with one attached hydrogen (secondary N) is 1. The first-order valence-electron chi connectivity index (χ1n) is 7.95. The summed E-state index contributed by atoms with van der Waals surface area (Å²) in [6, 6.07) is 8.82. The Bertz CT molecular complexity index is 482. The Kier molecular flexibility index (Phi) is 4.06. The zero-order chi connectivity index (χ0) is 13.9. The molecule has 1 saturated carbocycles. The van der Waals surface area contributed by atoms with Crippen LogP contribution in [0.1, 0.15) is 50.6 Å². The first kappa shape index (κ1) is 13.6. The Balaban J connectivity index is 1.88. The van der Waals surface area contributed by atoms with E-state index in [-0.39, 0.29) is 0 Å². The molecule has 1 atom stereocenters. The van der Waals surface area contributed by atoms with E-state index in [2.05, 4.69) is 30.4 Å². The summed E-state index contributed by atoms with van der Waals surface area (Å²) in [6.07, 6.45) is 5.49. The van der Waals surface area contributed by atoms with Gasteiger partial charge in [0, 0.05) is 24.2 Å². The molecule has 1 amide bonds. The van der Waals surface area contributed by atoms with Gasteiger partial charge < -0.3 is 10.2 Å². The number of hydrogen-bond donors (Lipinski definition) is 1. The smallest absolute Gasteiger partial charge is 0.230 e. The standard InChI is InChI=1S/C17H24N2O/c1-2-11-18-15-7-5-12-19(17(20)13-9-10-13)16-8-4-3-6-14(15)16/h3-4,6,8,13,15,18H,2,5,7,9-12H2,1H3. The van der Waals surface area contributed by atoms with Gasteiger partial charge in [0.2, 0.25) is 5.91 Å². The number of amides is 1. The molecule has 1 aliphatic carbocycles. The maximum Gasteiger partial charge on any atom is 0.230 e. The molecular weight excluding hydrogens is 248 g/mol. The van der Waals surface area contributed by atoms with Gasteiger partial charge in [0.05, 0.1) is 0 Å². The van der Waals surface area contributed by atoms with Crippen molar-refractivity contribution in [1.82, 2.24) is 5.32 Å². The lowest BCUT2D eigenvalue weighted by atomic mass is 10.0. The summed E-state index contributed by atoms with van der Waals surface area (Å²) in [4.78, 5) is 14.5. The molecule has 0 saturated heterocycles. The molecule has 0 radical (unpaired) electrons. The third-order valence-corrected chi connectivity index (χ3v) is 4.31. The van der Waals surface area contributed by atoms with Crippen LogP contribution in [0.15, 0.2) is 24.3 Å². The van der Waals surface area contributed by atoms with Gasteiger partial charge in [-0.2, -0.15) is 0 Å².